The maximum Gasteiger partial charge on any atom is 0.251 e. The molecule has 1 aromatic carbocycles. The SMILES string of the molecule is CC[C@@H](CO)NC(=O)c1ccc2cnc(NC3CCC(O)CC3)nc2c1. The van der Waals surface area contributed by atoms with Crippen molar-refractivity contribution in [2.45, 2.75) is 57.2 Å². The molecule has 2 aromatic rings. The predicted molar refractivity (Wildman–Crippen MR) is 100 cm³/mol. The molecule has 1 atom stereocenters. The van der Waals surface area contributed by atoms with Crippen molar-refractivity contribution in [1.82, 2.24) is 15.3 Å². The first kappa shape index (κ1) is 18.5. The molecule has 26 heavy (non-hydrogen) atoms. The average Bonchev–Trinajstić information content (AvgIpc) is 2.67. The maximum atomic E-state index is 12.3. The van der Waals surface area contributed by atoms with Gasteiger partial charge in [-0.25, -0.2) is 9.97 Å². The number of anilines is 1. The molecule has 1 fully saturated rings. The van der Waals surface area contributed by atoms with Gasteiger partial charge in [-0.05, 0) is 44.2 Å². The lowest BCUT2D eigenvalue weighted by Crippen LogP contribution is -2.36. The first-order valence-corrected chi connectivity index (χ1v) is 9.22. The Balaban J connectivity index is 1.74. The fourth-order valence-electron chi connectivity index (χ4n) is 3.18. The van der Waals surface area contributed by atoms with Crippen LogP contribution in [0.15, 0.2) is 24.4 Å². The number of amides is 1. The molecule has 0 bridgehead atoms. The van der Waals surface area contributed by atoms with E-state index in [0.29, 0.717) is 23.4 Å². The molecular weight excluding hydrogens is 332 g/mol. The van der Waals surface area contributed by atoms with E-state index in [-0.39, 0.29) is 30.7 Å². The Morgan fingerprint density at radius 1 is 1.31 bits per heavy atom. The molecule has 1 aliphatic rings. The summed E-state index contributed by atoms with van der Waals surface area (Å²) in [6.45, 7) is 1.83. The first-order chi connectivity index (χ1) is 12.6. The van der Waals surface area contributed by atoms with Crippen molar-refractivity contribution >= 4 is 22.8 Å². The average molecular weight is 358 g/mol. The summed E-state index contributed by atoms with van der Waals surface area (Å²) < 4.78 is 0. The third kappa shape index (κ3) is 4.47. The molecule has 7 heteroatoms. The second kappa shape index (κ2) is 8.42. The Hall–Kier alpha value is -2.25. The molecule has 1 amide bonds. The van der Waals surface area contributed by atoms with E-state index in [0.717, 1.165) is 31.1 Å². The smallest absolute Gasteiger partial charge is 0.251 e. The van der Waals surface area contributed by atoms with Gasteiger partial charge in [0.1, 0.15) is 0 Å². The van der Waals surface area contributed by atoms with E-state index >= 15 is 0 Å². The van der Waals surface area contributed by atoms with Gasteiger partial charge in [0.15, 0.2) is 0 Å². The summed E-state index contributed by atoms with van der Waals surface area (Å²) in [5.41, 5.74) is 1.21. The van der Waals surface area contributed by atoms with Crippen molar-refractivity contribution in [2.24, 2.45) is 0 Å². The Labute approximate surface area is 152 Å². The van der Waals surface area contributed by atoms with Gasteiger partial charge in [-0.1, -0.05) is 13.0 Å². The molecule has 140 valence electrons. The quantitative estimate of drug-likeness (QED) is 0.628. The number of carbonyl (C=O) groups is 1. The molecule has 1 saturated carbocycles. The third-order valence-electron chi connectivity index (χ3n) is 4.92. The molecule has 1 aromatic heterocycles. The highest BCUT2D eigenvalue weighted by atomic mass is 16.3. The first-order valence-electron chi connectivity index (χ1n) is 9.22. The molecule has 0 aliphatic heterocycles. The molecule has 3 rings (SSSR count). The number of aliphatic hydroxyl groups excluding tert-OH is 2. The standard InChI is InChI=1S/C19H26N4O3/c1-2-14(11-24)21-18(26)12-3-4-13-10-20-19(23-17(13)9-12)22-15-5-7-16(25)8-6-15/h3-4,9-10,14-16,24-25H,2,5-8,11H2,1H3,(H,21,26)(H,20,22,23)/t14-,15?,16?/m0/s1. The van der Waals surface area contributed by atoms with E-state index in [2.05, 4.69) is 20.6 Å². The maximum absolute atomic E-state index is 12.3. The minimum absolute atomic E-state index is 0.0812. The van der Waals surface area contributed by atoms with Crippen LogP contribution < -0.4 is 10.6 Å². The number of carbonyl (C=O) groups excluding carboxylic acids is 1. The summed E-state index contributed by atoms with van der Waals surface area (Å²) in [6.07, 6.45) is 5.58. The molecule has 0 spiro atoms. The normalized spacial score (nSPS) is 21.3. The molecule has 0 unspecified atom stereocenters. The van der Waals surface area contributed by atoms with Gasteiger partial charge < -0.3 is 20.8 Å². The molecule has 0 saturated heterocycles. The summed E-state index contributed by atoms with van der Waals surface area (Å²) in [5, 5.41) is 25.8. The second-order valence-electron chi connectivity index (χ2n) is 6.88. The Morgan fingerprint density at radius 2 is 2.08 bits per heavy atom. The zero-order valence-corrected chi connectivity index (χ0v) is 15.0. The van der Waals surface area contributed by atoms with Crippen molar-refractivity contribution in [3.63, 3.8) is 0 Å². The molecule has 1 heterocycles. The molecule has 7 nitrogen and oxygen atoms in total. The summed E-state index contributed by atoms with van der Waals surface area (Å²) >= 11 is 0. The van der Waals surface area contributed by atoms with Crippen LogP contribution in [0.25, 0.3) is 10.9 Å². The van der Waals surface area contributed by atoms with Crippen molar-refractivity contribution in [3.05, 3.63) is 30.0 Å². The number of nitrogens with zero attached hydrogens (tertiary/aromatic N) is 2. The van der Waals surface area contributed by atoms with E-state index in [9.17, 15) is 15.0 Å². The topological polar surface area (TPSA) is 107 Å². The Kier molecular flexibility index (Phi) is 6.00. The zero-order chi connectivity index (χ0) is 18.5. The van der Waals surface area contributed by atoms with Gasteiger partial charge in [-0.15, -0.1) is 0 Å². The van der Waals surface area contributed by atoms with Crippen LogP contribution in [-0.2, 0) is 0 Å². The van der Waals surface area contributed by atoms with Crippen LogP contribution in [0.1, 0.15) is 49.4 Å². The number of nitrogens with one attached hydrogen (secondary N) is 2. The lowest BCUT2D eigenvalue weighted by Gasteiger charge is -2.26. The van der Waals surface area contributed by atoms with Gasteiger partial charge in [0, 0.05) is 23.2 Å². The predicted octanol–water partition coefficient (Wildman–Crippen LogP) is 1.85. The Morgan fingerprint density at radius 3 is 2.77 bits per heavy atom. The summed E-state index contributed by atoms with van der Waals surface area (Å²) in [5.74, 6) is 0.320. The van der Waals surface area contributed by atoms with E-state index in [1.54, 1.807) is 18.3 Å². The van der Waals surface area contributed by atoms with Crippen molar-refractivity contribution < 1.29 is 15.0 Å². The molecule has 1 aliphatic carbocycles. The zero-order valence-electron chi connectivity index (χ0n) is 15.0. The van der Waals surface area contributed by atoms with Gasteiger partial charge in [0.2, 0.25) is 5.95 Å². The van der Waals surface area contributed by atoms with E-state index < -0.39 is 0 Å². The third-order valence-corrected chi connectivity index (χ3v) is 4.92. The molecule has 4 N–H and O–H groups in total. The van der Waals surface area contributed by atoms with Crippen LogP contribution in [-0.4, -0.2) is 50.9 Å². The number of aliphatic hydroxyl groups is 2. The number of benzene rings is 1. The number of hydrogen-bond donors (Lipinski definition) is 4. The highest BCUT2D eigenvalue weighted by Gasteiger charge is 2.20. The van der Waals surface area contributed by atoms with E-state index in [1.807, 2.05) is 13.0 Å². The lowest BCUT2D eigenvalue weighted by molar-refractivity contribution is 0.0915. The number of rotatable bonds is 6. The van der Waals surface area contributed by atoms with Crippen LogP contribution >= 0.6 is 0 Å². The van der Waals surface area contributed by atoms with Gasteiger partial charge in [0.05, 0.1) is 24.3 Å². The minimum atomic E-state index is -0.248. The van der Waals surface area contributed by atoms with Crippen LogP contribution in [0.5, 0.6) is 0 Å². The van der Waals surface area contributed by atoms with Gasteiger partial charge >= 0.3 is 0 Å². The van der Waals surface area contributed by atoms with Crippen molar-refractivity contribution in [3.8, 4) is 0 Å². The number of fused-ring (bicyclic) bond motifs is 1. The van der Waals surface area contributed by atoms with Crippen molar-refractivity contribution in [1.29, 1.82) is 0 Å². The van der Waals surface area contributed by atoms with Gasteiger partial charge in [-0.3, -0.25) is 4.79 Å². The molecule has 0 radical (unpaired) electrons. The highest BCUT2D eigenvalue weighted by Crippen LogP contribution is 2.22. The fourth-order valence-corrected chi connectivity index (χ4v) is 3.18. The van der Waals surface area contributed by atoms with Gasteiger partial charge in [0.25, 0.3) is 5.91 Å². The van der Waals surface area contributed by atoms with Crippen LogP contribution in [0.2, 0.25) is 0 Å². The fraction of sp³-hybridized carbons (Fsp3) is 0.526. The minimum Gasteiger partial charge on any atom is -0.394 e. The lowest BCUT2D eigenvalue weighted by atomic mass is 9.93. The second-order valence-corrected chi connectivity index (χ2v) is 6.88. The highest BCUT2D eigenvalue weighted by molar-refractivity contribution is 5.97. The van der Waals surface area contributed by atoms with E-state index in [4.69, 9.17) is 0 Å². The van der Waals surface area contributed by atoms with Crippen LogP contribution in [0.3, 0.4) is 0 Å². The van der Waals surface area contributed by atoms with Crippen LogP contribution in [0, 0.1) is 0 Å². The summed E-state index contributed by atoms with van der Waals surface area (Å²) in [7, 11) is 0. The monoisotopic (exact) mass is 358 g/mol. The van der Waals surface area contributed by atoms with Crippen LogP contribution in [0.4, 0.5) is 5.95 Å². The van der Waals surface area contributed by atoms with E-state index in [1.165, 1.54) is 0 Å². The number of aromatic nitrogens is 2. The largest absolute Gasteiger partial charge is 0.394 e. The molecular formula is C19H26N4O3. The van der Waals surface area contributed by atoms with Crippen molar-refractivity contribution in [2.75, 3.05) is 11.9 Å². The summed E-state index contributed by atoms with van der Waals surface area (Å²) in [6, 6.07) is 5.32. The summed E-state index contributed by atoms with van der Waals surface area (Å²) in [4.78, 5) is 21.2. The van der Waals surface area contributed by atoms with Gasteiger partial charge in [-0.2, -0.15) is 0 Å². The number of hydrogen-bond acceptors (Lipinski definition) is 6. The Bertz CT molecular complexity index is 756.